The topological polar surface area (TPSA) is 108 Å². The minimum absolute atomic E-state index is 0.223. The van der Waals surface area contributed by atoms with Gasteiger partial charge in [-0.25, -0.2) is 0 Å². The van der Waals surface area contributed by atoms with Gasteiger partial charge < -0.3 is 16.0 Å². The Balaban J connectivity index is 2.00. The molecule has 0 aliphatic carbocycles. The third-order valence-electron chi connectivity index (χ3n) is 5.00. The van der Waals surface area contributed by atoms with Gasteiger partial charge in [-0.2, -0.15) is 0 Å². The summed E-state index contributed by atoms with van der Waals surface area (Å²) in [4.78, 5) is 53.0. The van der Waals surface area contributed by atoms with E-state index < -0.39 is 17.5 Å². The van der Waals surface area contributed by atoms with Gasteiger partial charge in [-0.1, -0.05) is 36.4 Å². The number of amides is 4. The lowest BCUT2D eigenvalue weighted by Gasteiger charge is -2.34. The van der Waals surface area contributed by atoms with Gasteiger partial charge in [0.1, 0.15) is 6.04 Å². The molecule has 0 saturated carbocycles. The first-order valence-corrected chi connectivity index (χ1v) is 12.3. The van der Waals surface area contributed by atoms with E-state index in [1.807, 2.05) is 26.8 Å². The zero-order valence-corrected chi connectivity index (χ0v) is 21.5. The molecule has 1 heterocycles. The van der Waals surface area contributed by atoms with E-state index in [-0.39, 0.29) is 24.3 Å². The molecule has 3 aromatic rings. The van der Waals surface area contributed by atoms with Gasteiger partial charge >= 0.3 is 0 Å². The predicted octanol–water partition coefficient (Wildman–Crippen LogP) is 4.13. The third kappa shape index (κ3) is 7.26. The maximum absolute atomic E-state index is 13.6. The molecular formula is C27H30N4O4S. The smallest absolute Gasteiger partial charge is 0.261 e. The van der Waals surface area contributed by atoms with Crippen molar-refractivity contribution in [3.63, 3.8) is 0 Å². The first kappa shape index (κ1) is 26.6. The molecule has 9 heteroatoms. The standard InChI is InChI=1S/C27H30N4O4S/c1-18(32)29-20-12-14-21(15-13-20)31(23(33)17-28-25(34)22-11-8-16-36-22)24(19-9-6-5-7-10-19)26(35)30-27(2,3)4/h5-16,24H,17H2,1-4H3,(H,28,34)(H,29,32)(H,30,35)/t24-/m1/s1. The number of nitrogens with zero attached hydrogens (tertiary/aromatic N) is 1. The Hall–Kier alpha value is -3.98. The number of rotatable bonds is 8. The summed E-state index contributed by atoms with van der Waals surface area (Å²) in [6, 6.07) is 18.1. The number of hydrogen-bond donors (Lipinski definition) is 3. The van der Waals surface area contributed by atoms with Crippen molar-refractivity contribution < 1.29 is 19.2 Å². The molecule has 1 aromatic heterocycles. The van der Waals surface area contributed by atoms with Crippen LogP contribution in [0.15, 0.2) is 72.1 Å². The van der Waals surface area contributed by atoms with Crippen molar-refractivity contribution in [3.05, 3.63) is 82.6 Å². The lowest BCUT2D eigenvalue weighted by Crippen LogP contribution is -2.51. The van der Waals surface area contributed by atoms with Crippen molar-refractivity contribution in [1.82, 2.24) is 10.6 Å². The fourth-order valence-electron chi connectivity index (χ4n) is 3.57. The second-order valence-electron chi connectivity index (χ2n) is 9.20. The van der Waals surface area contributed by atoms with Crippen molar-refractivity contribution in [2.24, 2.45) is 0 Å². The average Bonchev–Trinajstić information content (AvgIpc) is 3.35. The monoisotopic (exact) mass is 506 g/mol. The molecule has 0 spiro atoms. The summed E-state index contributed by atoms with van der Waals surface area (Å²) in [6.07, 6.45) is 0. The van der Waals surface area contributed by atoms with E-state index in [0.29, 0.717) is 21.8 Å². The fraction of sp³-hybridized carbons (Fsp3) is 0.259. The molecule has 4 amide bonds. The number of hydrogen-bond acceptors (Lipinski definition) is 5. The van der Waals surface area contributed by atoms with Crippen molar-refractivity contribution in [3.8, 4) is 0 Å². The minimum Gasteiger partial charge on any atom is -0.349 e. The maximum atomic E-state index is 13.6. The molecule has 3 N–H and O–H groups in total. The molecule has 0 aliphatic heterocycles. The van der Waals surface area contributed by atoms with E-state index in [9.17, 15) is 19.2 Å². The summed E-state index contributed by atoms with van der Waals surface area (Å²) < 4.78 is 0. The summed E-state index contributed by atoms with van der Waals surface area (Å²) in [5, 5.41) is 10.1. The van der Waals surface area contributed by atoms with Crippen LogP contribution in [-0.4, -0.2) is 35.7 Å². The third-order valence-corrected chi connectivity index (χ3v) is 5.87. The van der Waals surface area contributed by atoms with Crippen molar-refractivity contribution in [2.75, 3.05) is 16.8 Å². The minimum atomic E-state index is -0.997. The van der Waals surface area contributed by atoms with E-state index in [0.717, 1.165) is 0 Å². The SMILES string of the molecule is CC(=O)Nc1ccc(N(C(=O)CNC(=O)c2cccs2)[C@@H](C(=O)NC(C)(C)C)c2ccccc2)cc1. The van der Waals surface area contributed by atoms with Crippen LogP contribution in [0.3, 0.4) is 0 Å². The van der Waals surface area contributed by atoms with Crippen molar-refractivity contribution >= 4 is 46.3 Å². The van der Waals surface area contributed by atoms with E-state index in [4.69, 9.17) is 0 Å². The highest BCUT2D eigenvalue weighted by Gasteiger charge is 2.34. The Bertz CT molecular complexity index is 1200. The predicted molar refractivity (Wildman–Crippen MR) is 142 cm³/mol. The van der Waals surface area contributed by atoms with Crippen molar-refractivity contribution in [1.29, 1.82) is 0 Å². The van der Waals surface area contributed by atoms with Crippen LogP contribution in [0.2, 0.25) is 0 Å². The van der Waals surface area contributed by atoms with Crippen LogP contribution in [0.5, 0.6) is 0 Å². The molecular weight excluding hydrogens is 476 g/mol. The molecule has 1 atom stereocenters. The summed E-state index contributed by atoms with van der Waals surface area (Å²) in [6.45, 7) is 6.69. The molecule has 2 aromatic carbocycles. The summed E-state index contributed by atoms with van der Waals surface area (Å²) in [5.74, 6) is -1.42. The van der Waals surface area contributed by atoms with Crippen molar-refractivity contribution in [2.45, 2.75) is 39.3 Å². The van der Waals surface area contributed by atoms with Gasteiger partial charge in [-0.05, 0) is 62.0 Å². The fourth-order valence-corrected chi connectivity index (χ4v) is 4.21. The zero-order valence-electron chi connectivity index (χ0n) is 20.7. The second-order valence-corrected chi connectivity index (χ2v) is 10.2. The Kier molecular flexibility index (Phi) is 8.60. The lowest BCUT2D eigenvalue weighted by molar-refractivity contribution is -0.127. The number of thiophene rings is 1. The lowest BCUT2D eigenvalue weighted by atomic mass is 10.0. The van der Waals surface area contributed by atoms with Gasteiger partial charge in [0.05, 0.1) is 11.4 Å². The molecule has 188 valence electrons. The average molecular weight is 507 g/mol. The van der Waals surface area contributed by atoms with E-state index in [1.165, 1.54) is 23.2 Å². The van der Waals surface area contributed by atoms with E-state index in [2.05, 4.69) is 16.0 Å². The van der Waals surface area contributed by atoms with Gasteiger partial charge in [0, 0.05) is 23.8 Å². The molecule has 0 saturated heterocycles. The Morgan fingerprint density at radius 1 is 0.917 bits per heavy atom. The molecule has 0 radical (unpaired) electrons. The van der Waals surface area contributed by atoms with Gasteiger partial charge in [-0.15, -0.1) is 11.3 Å². The van der Waals surface area contributed by atoms with Gasteiger partial charge in [0.2, 0.25) is 17.7 Å². The van der Waals surface area contributed by atoms with Crippen LogP contribution < -0.4 is 20.9 Å². The zero-order chi connectivity index (χ0) is 26.3. The molecule has 36 heavy (non-hydrogen) atoms. The number of anilines is 2. The van der Waals surface area contributed by atoms with Gasteiger partial charge in [0.25, 0.3) is 5.91 Å². The highest BCUT2D eigenvalue weighted by atomic mass is 32.1. The first-order chi connectivity index (χ1) is 17.0. The van der Waals surface area contributed by atoms with Crippen LogP contribution in [0.1, 0.15) is 49.0 Å². The van der Waals surface area contributed by atoms with Crippen LogP contribution in [-0.2, 0) is 14.4 Å². The summed E-state index contributed by atoms with van der Waals surface area (Å²) >= 11 is 1.27. The molecule has 0 fully saturated rings. The molecule has 8 nitrogen and oxygen atoms in total. The highest BCUT2D eigenvalue weighted by molar-refractivity contribution is 7.12. The molecule has 0 unspecified atom stereocenters. The summed E-state index contributed by atoms with van der Waals surface area (Å²) in [5.41, 5.74) is 1.07. The number of benzene rings is 2. The number of nitrogens with one attached hydrogen (secondary N) is 3. The normalized spacial score (nSPS) is 11.8. The van der Waals surface area contributed by atoms with Crippen LogP contribution >= 0.6 is 11.3 Å². The van der Waals surface area contributed by atoms with Gasteiger partial charge in [0.15, 0.2) is 0 Å². The van der Waals surface area contributed by atoms with E-state index >= 15 is 0 Å². The Morgan fingerprint density at radius 2 is 1.58 bits per heavy atom. The number of carbonyl (C=O) groups is 4. The largest absolute Gasteiger partial charge is 0.349 e. The van der Waals surface area contributed by atoms with Gasteiger partial charge in [-0.3, -0.25) is 24.1 Å². The molecule has 0 bridgehead atoms. The molecule has 0 aliphatic rings. The summed E-state index contributed by atoms with van der Waals surface area (Å²) in [7, 11) is 0. The Morgan fingerprint density at radius 3 is 2.14 bits per heavy atom. The number of carbonyl (C=O) groups excluding carboxylic acids is 4. The highest BCUT2D eigenvalue weighted by Crippen LogP contribution is 2.29. The van der Waals surface area contributed by atoms with E-state index in [1.54, 1.807) is 66.0 Å². The van der Waals surface area contributed by atoms with Crippen LogP contribution in [0.4, 0.5) is 11.4 Å². The second kappa shape index (κ2) is 11.6. The molecule has 3 rings (SSSR count). The maximum Gasteiger partial charge on any atom is 0.261 e. The quantitative estimate of drug-likeness (QED) is 0.427. The first-order valence-electron chi connectivity index (χ1n) is 11.4. The van der Waals surface area contributed by atoms with Crippen LogP contribution in [0, 0.1) is 0 Å². The Labute approximate surface area is 214 Å². The van der Waals surface area contributed by atoms with Crippen LogP contribution in [0.25, 0.3) is 0 Å².